The van der Waals surface area contributed by atoms with Crippen LogP contribution in [0.2, 0.25) is 0 Å². The lowest BCUT2D eigenvalue weighted by molar-refractivity contribution is -0.151. The van der Waals surface area contributed by atoms with Crippen molar-refractivity contribution in [3.8, 4) is 0 Å². The van der Waals surface area contributed by atoms with Crippen molar-refractivity contribution in [2.75, 3.05) is 0 Å². The molecular weight excluding hydrogens is 288 g/mol. The van der Waals surface area contributed by atoms with Gasteiger partial charge in [0.2, 0.25) is 0 Å². The van der Waals surface area contributed by atoms with Gasteiger partial charge in [0.1, 0.15) is 0 Å². The lowest BCUT2D eigenvalue weighted by atomic mass is 9.77. The number of esters is 2. The van der Waals surface area contributed by atoms with Crippen LogP contribution in [0, 0.1) is 0 Å². The van der Waals surface area contributed by atoms with Gasteiger partial charge < -0.3 is 4.74 Å². The Hall–Kier alpha value is -2.94. The molecule has 2 aromatic carbocycles. The zero-order valence-corrected chi connectivity index (χ0v) is 12.3. The highest BCUT2D eigenvalue weighted by Gasteiger charge is 2.42. The van der Waals surface area contributed by atoms with Crippen molar-refractivity contribution < 1.29 is 14.3 Å². The van der Waals surface area contributed by atoms with Crippen molar-refractivity contribution in [2.24, 2.45) is 0 Å². The summed E-state index contributed by atoms with van der Waals surface area (Å²) in [6, 6.07) is 19.4. The Morgan fingerprint density at radius 1 is 0.609 bits per heavy atom. The summed E-state index contributed by atoms with van der Waals surface area (Å²) < 4.78 is 4.92. The average molecular weight is 302 g/mol. The molecule has 0 saturated carbocycles. The molecule has 112 valence electrons. The van der Waals surface area contributed by atoms with Gasteiger partial charge in [0, 0.05) is 11.8 Å². The second-order valence-corrected chi connectivity index (χ2v) is 5.67. The monoisotopic (exact) mass is 302 g/mol. The lowest BCUT2D eigenvalue weighted by Crippen LogP contribution is -2.15. The van der Waals surface area contributed by atoms with E-state index in [0.717, 1.165) is 11.1 Å². The standard InChI is InChI=1S/C20H14O3/c21-19-17-15(13-7-3-1-4-8-13)11-12-16(18(17)20(22)23-19)14-9-5-2-6-10-14/h1-12,15-16H/t15-,16+. The molecule has 0 unspecified atom stereocenters. The predicted octanol–water partition coefficient (Wildman–Crippen LogP) is 3.50. The molecule has 0 N–H and O–H groups in total. The number of hydrogen-bond donors (Lipinski definition) is 0. The molecule has 2 aromatic rings. The fourth-order valence-corrected chi connectivity index (χ4v) is 3.29. The zero-order valence-electron chi connectivity index (χ0n) is 12.3. The molecule has 0 fully saturated rings. The SMILES string of the molecule is O=C1OC(=O)C2=C1[C@H](c1ccccc1)C=C[C@@H]2c1ccccc1. The van der Waals surface area contributed by atoms with Crippen LogP contribution in [0.5, 0.6) is 0 Å². The number of benzene rings is 2. The third kappa shape index (κ3) is 2.21. The number of carbonyl (C=O) groups excluding carboxylic acids is 2. The van der Waals surface area contributed by atoms with Crippen LogP contribution in [-0.4, -0.2) is 11.9 Å². The largest absolute Gasteiger partial charge is 0.386 e. The molecule has 1 aliphatic carbocycles. The van der Waals surface area contributed by atoms with E-state index >= 15 is 0 Å². The molecule has 0 amide bonds. The maximum atomic E-state index is 12.2. The molecule has 0 saturated heterocycles. The minimum atomic E-state index is -0.524. The molecule has 0 bridgehead atoms. The van der Waals surface area contributed by atoms with Gasteiger partial charge in [0.05, 0.1) is 11.1 Å². The summed E-state index contributed by atoms with van der Waals surface area (Å²) in [5.41, 5.74) is 2.90. The van der Waals surface area contributed by atoms with Crippen molar-refractivity contribution in [3.05, 3.63) is 95.1 Å². The van der Waals surface area contributed by atoms with Gasteiger partial charge in [-0.15, -0.1) is 0 Å². The van der Waals surface area contributed by atoms with Crippen molar-refractivity contribution in [2.45, 2.75) is 11.8 Å². The first kappa shape index (κ1) is 13.7. The third-order valence-electron chi connectivity index (χ3n) is 4.35. The molecule has 0 spiro atoms. The highest BCUT2D eigenvalue weighted by Crippen LogP contribution is 2.43. The summed E-state index contributed by atoms with van der Waals surface area (Å²) in [6.07, 6.45) is 3.98. The van der Waals surface area contributed by atoms with Crippen molar-refractivity contribution in [1.29, 1.82) is 0 Å². The Balaban J connectivity index is 1.85. The second-order valence-electron chi connectivity index (χ2n) is 5.67. The third-order valence-corrected chi connectivity index (χ3v) is 4.35. The van der Waals surface area contributed by atoms with Crippen molar-refractivity contribution >= 4 is 11.9 Å². The molecule has 3 nitrogen and oxygen atoms in total. The smallest absolute Gasteiger partial charge is 0.343 e. The van der Waals surface area contributed by atoms with Crippen molar-refractivity contribution in [3.63, 3.8) is 0 Å². The molecule has 23 heavy (non-hydrogen) atoms. The topological polar surface area (TPSA) is 43.4 Å². The van der Waals surface area contributed by atoms with Crippen LogP contribution in [0.15, 0.2) is 84.0 Å². The maximum absolute atomic E-state index is 12.2. The highest BCUT2D eigenvalue weighted by atomic mass is 16.6. The Labute approximate surface area is 133 Å². The van der Waals surface area contributed by atoms with E-state index in [1.807, 2.05) is 72.8 Å². The summed E-state index contributed by atoms with van der Waals surface area (Å²) in [5, 5.41) is 0. The summed E-state index contributed by atoms with van der Waals surface area (Å²) in [7, 11) is 0. The summed E-state index contributed by atoms with van der Waals surface area (Å²) in [5.74, 6) is -1.51. The number of allylic oxidation sites excluding steroid dienone is 2. The number of carbonyl (C=O) groups is 2. The van der Waals surface area contributed by atoms with Crippen molar-refractivity contribution in [1.82, 2.24) is 0 Å². The molecular formula is C20H14O3. The Morgan fingerprint density at radius 3 is 1.39 bits per heavy atom. The normalized spacial score (nSPS) is 23.0. The zero-order chi connectivity index (χ0) is 15.8. The van der Waals surface area contributed by atoms with Crippen LogP contribution in [0.25, 0.3) is 0 Å². The molecule has 0 aromatic heterocycles. The van der Waals surface area contributed by atoms with Crippen LogP contribution in [0.1, 0.15) is 23.0 Å². The number of hydrogen-bond acceptors (Lipinski definition) is 3. The lowest BCUT2D eigenvalue weighted by Gasteiger charge is -2.23. The molecule has 3 heteroatoms. The van der Waals surface area contributed by atoms with E-state index in [4.69, 9.17) is 4.74 Å². The van der Waals surface area contributed by atoms with Gasteiger partial charge in [0.15, 0.2) is 0 Å². The van der Waals surface area contributed by atoms with Crippen LogP contribution < -0.4 is 0 Å². The second kappa shape index (κ2) is 5.36. The fourth-order valence-electron chi connectivity index (χ4n) is 3.29. The summed E-state index contributed by atoms with van der Waals surface area (Å²) >= 11 is 0. The highest BCUT2D eigenvalue weighted by molar-refractivity contribution is 6.14. The van der Waals surface area contributed by atoms with Crippen LogP contribution in [0.4, 0.5) is 0 Å². The number of rotatable bonds is 2. The molecule has 2 atom stereocenters. The minimum Gasteiger partial charge on any atom is -0.386 e. The van der Waals surface area contributed by atoms with Crippen LogP contribution in [0.3, 0.4) is 0 Å². The Bertz CT molecular complexity index is 762. The maximum Gasteiger partial charge on any atom is 0.343 e. The molecule has 2 aliphatic rings. The van der Waals surface area contributed by atoms with E-state index in [1.54, 1.807) is 0 Å². The van der Waals surface area contributed by atoms with E-state index in [-0.39, 0.29) is 11.8 Å². The van der Waals surface area contributed by atoms with E-state index in [1.165, 1.54) is 0 Å². The fraction of sp³-hybridized carbons (Fsp3) is 0.100. The van der Waals surface area contributed by atoms with Gasteiger partial charge in [-0.1, -0.05) is 72.8 Å². The first-order valence-corrected chi connectivity index (χ1v) is 7.54. The Kier molecular flexibility index (Phi) is 3.19. The molecule has 1 aliphatic heterocycles. The molecule has 0 radical (unpaired) electrons. The minimum absolute atomic E-state index is 0.231. The van der Waals surface area contributed by atoms with Crippen LogP contribution >= 0.6 is 0 Å². The summed E-state index contributed by atoms with van der Waals surface area (Å²) in [4.78, 5) is 24.5. The van der Waals surface area contributed by atoms with E-state index < -0.39 is 11.9 Å². The van der Waals surface area contributed by atoms with Gasteiger partial charge >= 0.3 is 11.9 Å². The van der Waals surface area contributed by atoms with E-state index in [2.05, 4.69) is 0 Å². The van der Waals surface area contributed by atoms with Crippen LogP contribution in [-0.2, 0) is 14.3 Å². The summed E-state index contributed by atoms with van der Waals surface area (Å²) in [6.45, 7) is 0. The first-order chi connectivity index (χ1) is 11.3. The van der Waals surface area contributed by atoms with E-state index in [0.29, 0.717) is 11.1 Å². The van der Waals surface area contributed by atoms with Gasteiger partial charge in [-0.2, -0.15) is 0 Å². The molecule has 4 rings (SSSR count). The van der Waals surface area contributed by atoms with Gasteiger partial charge in [0.25, 0.3) is 0 Å². The van der Waals surface area contributed by atoms with Gasteiger partial charge in [-0.3, -0.25) is 0 Å². The van der Waals surface area contributed by atoms with Gasteiger partial charge in [-0.05, 0) is 11.1 Å². The van der Waals surface area contributed by atoms with Gasteiger partial charge in [-0.25, -0.2) is 9.59 Å². The first-order valence-electron chi connectivity index (χ1n) is 7.54. The predicted molar refractivity (Wildman–Crippen MR) is 85.6 cm³/mol. The molecule has 1 heterocycles. The Morgan fingerprint density at radius 2 is 1.00 bits per heavy atom. The quantitative estimate of drug-likeness (QED) is 0.484. The average Bonchev–Trinajstić information content (AvgIpc) is 2.91. The number of ether oxygens (including phenoxy) is 1. The van der Waals surface area contributed by atoms with E-state index in [9.17, 15) is 9.59 Å². The number of cyclic esters (lactones) is 2.